The van der Waals surface area contributed by atoms with E-state index >= 15 is 0 Å². The summed E-state index contributed by atoms with van der Waals surface area (Å²) in [4.78, 5) is 17.5. The third kappa shape index (κ3) is 4.06. The maximum absolute atomic E-state index is 12.8. The van der Waals surface area contributed by atoms with Crippen LogP contribution < -0.4 is 10.9 Å². The molecule has 27 heavy (non-hydrogen) atoms. The lowest BCUT2D eigenvalue weighted by Crippen LogP contribution is -2.36. The van der Waals surface area contributed by atoms with Crippen molar-refractivity contribution >= 4 is 22.9 Å². The molecule has 0 unspecified atom stereocenters. The van der Waals surface area contributed by atoms with E-state index < -0.39 is 0 Å². The van der Waals surface area contributed by atoms with Crippen LogP contribution in [0.4, 0.5) is 0 Å². The summed E-state index contributed by atoms with van der Waals surface area (Å²) in [5.41, 5.74) is 9.79. The molecule has 4 nitrogen and oxygen atoms in total. The molecule has 1 aliphatic carbocycles. The van der Waals surface area contributed by atoms with Crippen molar-refractivity contribution in [1.82, 2.24) is 15.8 Å². The molecule has 1 aromatic heterocycles. The van der Waals surface area contributed by atoms with E-state index in [2.05, 4.69) is 17.4 Å². The van der Waals surface area contributed by atoms with Crippen molar-refractivity contribution in [2.24, 2.45) is 0 Å². The van der Waals surface area contributed by atoms with E-state index in [4.69, 9.17) is 4.98 Å². The molecule has 4 rings (SSSR count). The molecule has 1 amide bonds. The molecule has 1 saturated carbocycles. The molecular formula is C23H21N3O. The second-order valence-electron chi connectivity index (χ2n) is 6.73. The number of pyridine rings is 1. The van der Waals surface area contributed by atoms with Crippen molar-refractivity contribution in [2.75, 3.05) is 0 Å². The van der Waals surface area contributed by atoms with Crippen molar-refractivity contribution in [2.45, 2.75) is 18.8 Å². The van der Waals surface area contributed by atoms with Crippen molar-refractivity contribution in [3.05, 3.63) is 95.8 Å². The molecule has 0 radical (unpaired) electrons. The molecular weight excluding hydrogens is 334 g/mol. The van der Waals surface area contributed by atoms with E-state index in [-0.39, 0.29) is 5.91 Å². The highest BCUT2D eigenvalue weighted by Gasteiger charge is 2.26. The van der Waals surface area contributed by atoms with Gasteiger partial charge in [-0.25, -0.2) is 0 Å². The molecule has 4 heteroatoms. The smallest absolute Gasteiger partial charge is 0.270 e. The summed E-state index contributed by atoms with van der Waals surface area (Å²) in [7, 11) is 0. The Bertz CT molecular complexity index is 1020. The van der Waals surface area contributed by atoms with Gasteiger partial charge in [-0.3, -0.25) is 20.6 Å². The highest BCUT2D eigenvalue weighted by Crippen LogP contribution is 2.40. The molecule has 1 aliphatic rings. The molecule has 0 bridgehead atoms. The number of nitrogens with one attached hydrogen (secondary N) is 2. The minimum atomic E-state index is -0.190. The van der Waals surface area contributed by atoms with Crippen LogP contribution in [0.25, 0.3) is 17.0 Å². The summed E-state index contributed by atoms with van der Waals surface area (Å²) in [5, 5.41) is 0.853. The van der Waals surface area contributed by atoms with Gasteiger partial charge in [-0.2, -0.15) is 0 Å². The van der Waals surface area contributed by atoms with E-state index in [1.807, 2.05) is 72.8 Å². The number of allylic oxidation sites excluding steroid dienone is 1. The quantitative estimate of drug-likeness (QED) is 0.503. The Morgan fingerprint density at radius 3 is 2.56 bits per heavy atom. The monoisotopic (exact) mass is 355 g/mol. The Balaban J connectivity index is 1.48. The lowest BCUT2D eigenvalue weighted by Gasteiger charge is -2.11. The molecule has 1 fully saturated rings. The average molecular weight is 355 g/mol. The number of hydrogen-bond donors (Lipinski definition) is 2. The summed E-state index contributed by atoms with van der Waals surface area (Å²) < 4.78 is 0. The minimum absolute atomic E-state index is 0.190. The molecule has 0 saturated heterocycles. The number of rotatable bonds is 6. The first-order chi connectivity index (χ1) is 13.2. The fourth-order valence-corrected chi connectivity index (χ4v) is 2.98. The van der Waals surface area contributed by atoms with Crippen molar-refractivity contribution in [3.8, 4) is 0 Å². The first-order valence-electron chi connectivity index (χ1n) is 9.09. The Morgan fingerprint density at radius 1 is 1.04 bits per heavy atom. The number of benzene rings is 2. The molecule has 3 aromatic rings. The van der Waals surface area contributed by atoms with Crippen LogP contribution in [0.15, 0.2) is 79.0 Å². The average Bonchev–Trinajstić information content (AvgIpc) is 3.56. The Morgan fingerprint density at radius 2 is 1.78 bits per heavy atom. The summed E-state index contributed by atoms with van der Waals surface area (Å²) in [5.74, 6) is 0.294. The van der Waals surface area contributed by atoms with Crippen LogP contribution in [0.3, 0.4) is 0 Å². The fourth-order valence-electron chi connectivity index (χ4n) is 2.98. The van der Waals surface area contributed by atoms with Gasteiger partial charge in [0.2, 0.25) is 0 Å². The largest absolute Gasteiger partial charge is 0.299 e. The summed E-state index contributed by atoms with van der Waals surface area (Å²) >= 11 is 0. The van der Waals surface area contributed by atoms with Crippen LogP contribution in [-0.2, 0) is 0 Å². The number of hydrogen-bond acceptors (Lipinski definition) is 3. The molecule has 134 valence electrons. The summed E-state index contributed by atoms with van der Waals surface area (Å²) in [6.45, 7) is 3.93. The highest BCUT2D eigenvalue weighted by molar-refractivity contribution is 6.06. The number of aromatic nitrogens is 1. The molecule has 2 aromatic carbocycles. The van der Waals surface area contributed by atoms with E-state index in [0.29, 0.717) is 17.2 Å². The van der Waals surface area contributed by atoms with Crippen LogP contribution in [0.1, 0.15) is 40.4 Å². The first-order valence-corrected chi connectivity index (χ1v) is 9.09. The number of carbonyl (C=O) groups excluding carboxylic acids is 1. The number of nitrogens with zero attached hydrogens (tertiary/aromatic N) is 1. The van der Waals surface area contributed by atoms with Crippen LogP contribution in [0.5, 0.6) is 0 Å². The maximum atomic E-state index is 12.8. The molecule has 0 atom stereocenters. The second-order valence-corrected chi connectivity index (χ2v) is 6.73. The molecule has 2 N–H and O–H groups in total. The molecule has 0 spiro atoms. The van der Waals surface area contributed by atoms with Gasteiger partial charge in [-0.1, -0.05) is 61.2 Å². The number of para-hydroxylation sites is 1. The molecule has 1 heterocycles. The van der Waals surface area contributed by atoms with Gasteiger partial charge in [-0.05, 0) is 36.6 Å². The van der Waals surface area contributed by atoms with Gasteiger partial charge >= 0.3 is 0 Å². The zero-order chi connectivity index (χ0) is 18.6. The van der Waals surface area contributed by atoms with E-state index in [1.54, 1.807) is 0 Å². The van der Waals surface area contributed by atoms with E-state index in [0.717, 1.165) is 35.0 Å². The normalized spacial score (nSPS) is 13.6. The Hall–Kier alpha value is -3.40. The highest BCUT2D eigenvalue weighted by atomic mass is 16.2. The zero-order valence-electron chi connectivity index (χ0n) is 15.0. The predicted molar refractivity (Wildman–Crippen MR) is 109 cm³/mol. The van der Waals surface area contributed by atoms with Crippen LogP contribution in [-0.4, -0.2) is 10.9 Å². The summed E-state index contributed by atoms with van der Waals surface area (Å²) in [6.07, 6.45) is 6.06. The maximum Gasteiger partial charge on any atom is 0.270 e. The zero-order valence-corrected chi connectivity index (χ0v) is 15.0. The topological polar surface area (TPSA) is 54.0 Å². The van der Waals surface area contributed by atoms with Crippen LogP contribution in [0, 0.1) is 0 Å². The van der Waals surface area contributed by atoms with E-state index in [1.165, 1.54) is 0 Å². The SMILES string of the molecule is C=C(C=Cc1ccccc1)NNC(=O)c1cc(C2CC2)nc2ccccc12. The van der Waals surface area contributed by atoms with Gasteiger partial charge in [0, 0.05) is 22.7 Å². The Kier molecular flexibility index (Phi) is 4.71. The van der Waals surface area contributed by atoms with Gasteiger partial charge in [0.15, 0.2) is 0 Å². The number of amides is 1. The number of fused-ring (bicyclic) bond motifs is 1. The fraction of sp³-hybridized carbons (Fsp3) is 0.130. The second kappa shape index (κ2) is 7.46. The lowest BCUT2D eigenvalue weighted by molar-refractivity contribution is 0.0941. The third-order valence-electron chi connectivity index (χ3n) is 4.59. The molecule has 0 aliphatic heterocycles. The van der Waals surface area contributed by atoms with E-state index in [9.17, 15) is 4.79 Å². The van der Waals surface area contributed by atoms with Crippen LogP contribution in [0.2, 0.25) is 0 Å². The van der Waals surface area contributed by atoms with Gasteiger partial charge in [0.1, 0.15) is 0 Å². The number of hydrazine groups is 1. The van der Waals surface area contributed by atoms with Crippen molar-refractivity contribution in [1.29, 1.82) is 0 Å². The number of carbonyl (C=O) groups is 1. The van der Waals surface area contributed by atoms with Gasteiger partial charge in [0.25, 0.3) is 5.91 Å². The first kappa shape index (κ1) is 17.0. The third-order valence-corrected chi connectivity index (χ3v) is 4.59. The van der Waals surface area contributed by atoms with Gasteiger partial charge < -0.3 is 0 Å². The lowest BCUT2D eigenvalue weighted by atomic mass is 10.1. The standard InChI is InChI=1S/C23H21N3O/c1-16(11-12-17-7-3-2-4-8-17)25-26-23(27)20-15-22(18-13-14-18)24-21-10-6-5-9-19(20)21/h2-12,15,18,25H,1,13-14H2,(H,26,27). The van der Waals surface area contributed by atoms with Crippen molar-refractivity contribution < 1.29 is 4.79 Å². The van der Waals surface area contributed by atoms with Crippen molar-refractivity contribution in [3.63, 3.8) is 0 Å². The minimum Gasteiger partial charge on any atom is -0.299 e. The Labute approximate surface area is 158 Å². The van der Waals surface area contributed by atoms with Crippen LogP contribution >= 0.6 is 0 Å². The predicted octanol–water partition coefficient (Wildman–Crippen LogP) is 4.57. The van der Waals surface area contributed by atoms with Gasteiger partial charge in [0.05, 0.1) is 11.1 Å². The summed E-state index contributed by atoms with van der Waals surface area (Å²) in [6, 6.07) is 19.6. The van der Waals surface area contributed by atoms with Gasteiger partial charge in [-0.15, -0.1) is 0 Å².